The molecule has 37 heavy (non-hydrogen) atoms. The molecule has 2 unspecified atom stereocenters. The number of aromatic nitrogens is 4. The second kappa shape index (κ2) is 11.3. The number of aliphatic hydroxyl groups is 2. The minimum atomic E-state index is -5.58. The van der Waals surface area contributed by atoms with Gasteiger partial charge in [0.2, 0.25) is 0 Å². The Labute approximate surface area is 226 Å². The number of hydrogen-bond donors (Lipinski definition) is 6. The van der Waals surface area contributed by atoms with Gasteiger partial charge in [-0.15, -0.1) is 0 Å². The zero-order valence-electron chi connectivity index (χ0n) is 19.1. The van der Waals surface area contributed by atoms with E-state index in [1.807, 2.05) is 18.7 Å². The van der Waals surface area contributed by atoms with Crippen LogP contribution in [0.1, 0.15) is 20.1 Å². The van der Waals surface area contributed by atoms with Crippen LogP contribution in [0.5, 0.6) is 0 Å². The largest absolute Gasteiger partial charge is 0.479 e. The number of phosphoric acid groups is 1. The molecule has 0 radical (unpaired) electrons. The summed E-state index contributed by atoms with van der Waals surface area (Å²) in [6, 6.07) is 0. The first kappa shape index (κ1) is 31.2. The first-order valence-corrected chi connectivity index (χ1v) is 16.6. The van der Waals surface area contributed by atoms with Crippen LogP contribution in [0.25, 0.3) is 11.2 Å². The number of ether oxygens (including phenoxy) is 1. The summed E-state index contributed by atoms with van der Waals surface area (Å²) in [6.45, 7) is 4.21. The van der Waals surface area contributed by atoms with Crippen LogP contribution in [0.4, 0.5) is 5.82 Å². The lowest BCUT2D eigenvalue weighted by Gasteiger charge is -2.27. The van der Waals surface area contributed by atoms with E-state index >= 15 is 0 Å². The van der Waals surface area contributed by atoms with E-state index in [4.69, 9.17) is 4.74 Å². The maximum absolute atomic E-state index is 12.2. The lowest BCUT2D eigenvalue weighted by atomic mass is 10.1. The SMILES string of the molecule is CCN(CC)c1ncnc2c1ncn2[C@H]1O[C@@H](COP(=O)(O)OP(=O)(O)C(Br)(Br)P(=O)(O)O)[C@H](O)[C@@H]1O. The van der Waals surface area contributed by atoms with Crippen LogP contribution in [0, 0.1) is 0 Å². The molecular formula is C15H24Br2N5O12P3. The summed E-state index contributed by atoms with van der Waals surface area (Å²) < 4.78 is 48.5. The Kier molecular flexibility index (Phi) is 9.48. The van der Waals surface area contributed by atoms with Crippen LogP contribution < -0.4 is 4.90 Å². The molecule has 0 bridgehead atoms. The molecule has 0 aromatic carbocycles. The van der Waals surface area contributed by atoms with Crippen LogP contribution in [0.15, 0.2) is 12.7 Å². The molecule has 1 aliphatic rings. The fourth-order valence-electron chi connectivity index (χ4n) is 3.42. The summed E-state index contributed by atoms with van der Waals surface area (Å²) in [5.74, 6) is 0.540. The molecule has 6 atom stereocenters. The summed E-state index contributed by atoms with van der Waals surface area (Å²) in [6.07, 6.45) is -3.33. The third-order valence-corrected chi connectivity index (χ3v) is 15.9. The van der Waals surface area contributed by atoms with Gasteiger partial charge in [0, 0.05) is 13.1 Å². The molecule has 2 aromatic heterocycles. The Morgan fingerprint density at radius 1 is 1.08 bits per heavy atom. The van der Waals surface area contributed by atoms with Gasteiger partial charge >= 0.3 is 23.0 Å². The predicted octanol–water partition coefficient (Wildman–Crippen LogP) is 1.19. The van der Waals surface area contributed by atoms with Crippen molar-refractivity contribution in [1.82, 2.24) is 19.5 Å². The van der Waals surface area contributed by atoms with Crippen molar-refractivity contribution >= 4 is 71.9 Å². The molecule has 3 rings (SSSR count). The van der Waals surface area contributed by atoms with Gasteiger partial charge < -0.3 is 39.4 Å². The van der Waals surface area contributed by atoms with Gasteiger partial charge in [0.15, 0.2) is 23.2 Å². The second-order valence-electron chi connectivity index (χ2n) is 7.66. The number of anilines is 1. The highest BCUT2D eigenvalue weighted by atomic mass is 79.9. The molecule has 0 aliphatic carbocycles. The summed E-state index contributed by atoms with van der Waals surface area (Å²) in [7, 11) is -16.4. The molecule has 0 amide bonds. The molecule has 3 heterocycles. The highest BCUT2D eigenvalue weighted by Gasteiger charge is 2.61. The third-order valence-electron chi connectivity index (χ3n) is 5.32. The van der Waals surface area contributed by atoms with E-state index in [2.05, 4.69) is 55.6 Å². The van der Waals surface area contributed by atoms with Crippen LogP contribution in [0.3, 0.4) is 0 Å². The van der Waals surface area contributed by atoms with Crippen LogP contribution in [0.2, 0.25) is 0 Å². The lowest BCUT2D eigenvalue weighted by molar-refractivity contribution is -0.0501. The number of halogens is 2. The van der Waals surface area contributed by atoms with Crippen molar-refractivity contribution in [2.24, 2.45) is 0 Å². The van der Waals surface area contributed by atoms with E-state index in [-0.39, 0.29) is 5.65 Å². The fraction of sp³-hybridized carbons (Fsp3) is 0.667. The molecule has 22 heteroatoms. The van der Waals surface area contributed by atoms with E-state index in [9.17, 15) is 43.5 Å². The van der Waals surface area contributed by atoms with Gasteiger partial charge in [0.25, 0.3) is 2.72 Å². The van der Waals surface area contributed by atoms with E-state index in [0.29, 0.717) is 24.4 Å². The van der Waals surface area contributed by atoms with E-state index in [1.54, 1.807) is 0 Å². The summed E-state index contributed by atoms with van der Waals surface area (Å²) in [5, 5.41) is 21.0. The van der Waals surface area contributed by atoms with Gasteiger partial charge in [-0.1, -0.05) is 0 Å². The molecule has 6 N–H and O–H groups in total. The number of imidazole rings is 1. The Hall–Kier alpha value is -0.360. The maximum Gasteiger partial charge on any atom is 0.479 e. The maximum atomic E-state index is 12.2. The zero-order valence-corrected chi connectivity index (χ0v) is 24.9. The standard InChI is InChI=1S/C15H24Br2N5O12P3/c1-3-21(4-2)12-9-13(19-6-18-12)22(7-20-9)14-11(24)10(23)8(33-14)5-32-37(30,31)34-36(28,29)15(16,17)35(25,26)27/h6-8,10-11,14,23-24H,3-5H2,1-2H3,(H,28,29)(H,30,31)(H2,25,26,27)/t8-,10-,11-,14-/m0/s1. The molecule has 17 nitrogen and oxygen atoms in total. The smallest absolute Gasteiger partial charge is 0.387 e. The molecule has 1 fully saturated rings. The van der Waals surface area contributed by atoms with Crippen molar-refractivity contribution in [3.63, 3.8) is 0 Å². The molecular weight excluding hydrogens is 695 g/mol. The molecule has 210 valence electrons. The van der Waals surface area contributed by atoms with Crippen LogP contribution >= 0.6 is 54.9 Å². The van der Waals surface area contributed by atoms with Crippen molar-refractivity contribution in [2.75, 3.05) is 24.6 Å². The highest BCUT2D eigenvalue weighted by molar-refractivity contribution is 9.29. The predicted molar refractivity (Wildman–Crippen MR) is 134 cm³/mol. The number of alkyl halides is 2. The van der Waals surface area contributed by atoms with Gasteiger partial charge in [-0.25, -0.2) is 23.8 Å². The first-order valence-electron chi connectivity index (χ1n) is 10.4. The average Bonchev–Trinajstić information content (AvgIpc) is 3.33. The van der Waals surface area contributed by atoms with Gasteiger partial charge in [0.05, 0.1) is 12.9 Å². The van der Waals surface area contributed by atoms with Crippen molar-refractivity contribution in [3.8, 4) is 0 Å². The number of aliphatic hydroxyl groups excluding tert-OH is 2. The Balaban J connectivity index is 1.77. The number of hydrogen-bond acceptors (Lipinski definition) is 12. The van der Waals surface area contributed by atoms with Crippen LogP contribution in [-0.4, -0.2) is 90.0 Å². The van der Waals surface area contributed by atoms with Crippen LogP contribution in [-0.2, 0) is 27.3 Å². The molecule has 2 aromatic rings. The minimum absolute atomic E-state index is 0.274. The zero-order chi connectivity index (χ0) is 28.0. The lowest BCUT2D eigenvalue weighted by Crippen LogP contribution is -2.33. The summed E-state index contributed by atoms with van der Waals surface area (Å²) in [4.78, 5) is 52.8. The second-order valence-corrected chi connectivity index (χ2v) is 19.2. The summed E-state index contributed by atoms with van der Waals surface area (Å²) >= 11 is 4.58. The van der Waals surface area contributed by atoms with Gasteiger partial charge in [-0.05, 0) is 45.7 Å². The highest BCUT2D eigenvalue weighted by Crippen LogP contribution is 2.81. The number of fused-ring (bicyclic) bond motifs is 1. The topological polar surface area (TPSA) is 247 Å². The first-order chi connectivity index (χ1) is 17.0. The van der Waals surface area contributed by atoms with Crippen molar-refractivity contribution in [1.29, 1.82) is 0 Å². The average molecular weight is 719 g/mol. The quantitative estimate of drug-likeness (QED) is 0.141. The Bertz CT molecular complexity index is 1270. The fourth-order valence-corrected chi connectivity index (χ4v) is 8.27. The third kappa shape index (κ3) is 6.20. The van der Waals surface area contributed by atoms with Gasteiger partial charge in [-0.3, -0.25) is 18.2 Å². The van der Waals surface area contributed by atoms with E-state index in [0.717, 1.165) is 0 Å². The van der Waals surface area contributed by atoms with Gasteiger partial charge in [0.1, 0.15) is 24.6 Å². The molecule has 0 spiro atoms. The van der Waals surface area contributed by atoms with Crippen molar-refractivity contribution in [2.45, 2.75) is 41.1 Å². The van der Waals surface area contributed by atoms with Crippen molar-refractivity contribution < 1.29 is 57.1 Å². The number of nitrogens with zero attached hydrogens (tertiary/aromatic N) is 5. The summed E-state index contributed by atoms with van der Waals surface area (Å²) in [5.41, 5.74) is 0.678. The van der Waals surface area contributed by atoms with Crippen molar-refractivity contribution in [3.05, 3.63) is 12.7 Å². The number of rotatable bonds is 11. The Morgan fingerprint density at radius 2 is 1.70 bits per heavy atom. The van der Waals surface area contributed by atoms with E-state index in [1.165, 1.54) is 17.2 Å². The Morgan fingerprint density at radius 3 is 2.27 bits per heavy atom. The van der Waals surface area contributed by atoms with E-state index < -0.39 is 56.9 Å². The molecule has 0 saturated carbocycles. The molecule has 1 saturated heterocycles. The monoisotopic (exact) mass is 717 g/mol. The van der Waals surface area contributed by atoms with Gasteiger partial charge in [-0.2, -0.15) is 0 Å². The molecule has 1 aliphatic heterocycles. The minimum Gasteiger partial charge on any atom is -0.387 e. The normalized spacial score (nSPS) is 26.2. The number of phosphoric ester groups is 1.